The van der Waals surface area contributed by atoms with E-state index in [0.29, 0.717) is 13.0 Å². The number of hydrogen-bond donors (Lipinski definition) is 2. The summed E-state index contributed by atoms with van der Waals surface area (Å²) in [6.07, 6.45) is 1.27. The second-order valence-corrected chi connectivity index (χ2v) is 7.42. The van der Waals surface area contributed by atoms with Gasteiger partial charge in [0.15, 0.2) is 0 Å². The van der Waals surface area contributed by atoms with Crippen LogP contribution >= 0.6 is 0 Å². The van der Waals surface area contributed by atoms with E-state index < -0.39 is 6.04 Å². The molecule has 2 rings (SSSR count). The lowest BCUT2D eigenvalue weighted by Crippen LogP contribution is -2.51. The van der Waals surface area contributed by atoms with Gasteiger partial charge in [0.1, 0.15) is 6.04 Å². The van der Waals surface area contributed by atoms with E-state index in [0.717, 1.165) is 28.8 Å². The van der Waals surface area contributed by atoms with Crippen LogP contribution in [0.25, 0.3) is 0 Å². The minimum atomic E-state index is -0.527. The van der Waals surface area contributed by atoms with Gasteiger partial charge in [0.25, 0.3) is 0 Å². The van der Waals surface area contributed by atoms with Crippen LogP contribution in [0.5, 0.6) is 0 Å². The first-order valence-corrected chi connectivity index (χ1v) is 9.15. The molecule has 0 spiro atoms. The van der Waals surface area contributed by atoms with Gasteiger partial charge in [0.2, 0.25) is 17.7 Å². The highest BCUT2D eigenvalue weighted by Crippen LogP contribution is 2.22. The zero-order valence-electron chi connectivity index (χ0n) is 16.3. The van der Waals surface area contributed by atoms with E-state index in [4.69, 9.17) is 0 Å². The zero-order chi connectivity index (χ0) is 19.4. The normalized spacial score (nSPS) is 15.3. The highest BCUT2D eigenvalue weighted by Gasteiger charge is 2.34. The van der Waals surface area contributed by atoms with Gasteiger partial charge >= 0.3 is 0 Å². The first-order valence-electron chi connectivity index (χ1n) is 9.15. The van der Waals surface area contributed by atoms with Gasteiger partial charge in [0, 0.05) is 18.7 Å². The average Bonchev–Trinajstić information content (AvgIpc) is 2.94. The number of benzene rings is 1. The third-order valence-electron chi connectivity index (χ3n) is 4.71. The number of amides is 3. The molecule has 1 fully saturated rings. The number of nitrogens with zero attached hydrogens (tertiary/aromatic N) is 1. The molecule has 0 aromatic heterocycles. The molecule has 1 heterocycles. The Morgan fingerprint density at radius 3 is 2.27 bits per heavy atom. The van der Waals surface area contributed by atoms with Crippen LogP contribution < -0.4 is 10.6 Å². The lowest BCUT2D eigenvalue weighted by atomic mass is 10.0. The molecule has 142 valence electrons. The summed E-state index contributed by atoms with van der Waals surface area (Å²) >= 11 is 0. The molecule has 1 saturated heterocycles. The summed E-state index contributed by atoms with van der Waals surface area (Å²) in [6, 6.07) is 3.49. The van der Waals surface area contributed by atoms with Crippen molar-refractivity contribution < 1.29 is 14.4 Å². The van der Waals surface area contributed by atoms with Gasteiger partial charge in [-0.2, -0.15) is 0 Å². The zero-order valence-corrected chi connectivity index (χ0v) is 16.3. The maximum atomic E-state index is 12.6. The number of carbonyl (C=O) groups excluding carboxylic acids is 3. The van der Waals surface area contributed by atoms with Crippen molar-refractivity contribution in [1.29, 1.82) is 0 Å². The lowest BCUT2D eigenvalue weighted by molar-refractivity contribution is -0.139. The van der Waals surface area contributed by atoms with E-state index in [2.05, 4.69) is 10.6 Å². The second-order valence-electron chi connectivity index (χ2n) is 7.42. The van der Waals surface area contributed by atoms with Crippen molar-refractivity contribution in [3.05, 3.63) is 28.8 Å². The molecule has 2 N–H and O–H groups in total. The number of nitrogens with one attached hydrogen (secondary N) is 2. The summed E-state index contributed by atoms with van der Waals surface area (Å²) < 4.78 is 0. The summed E-state index contributed by atoms with van der Waals surface area (Å²) in [6.45, 7) is 10.2. The maximum Gasteiger partial charge on any atom is 0.243 e. The maximum absolute atomic E-state index is 12.6. The van der Waals surface area contributed by atoms with E-state index in [1.807, 2.05) is 46.8 Å². The van der Waals surface area contributed by atoms with Crippen LogP contribution in [0.2, 0.25) is 0 Å². The Kier molecular flexibility index (Phi) is 6.40. The summed E-state index contributed by atoms with van der Waals surface area (Å²) in [5, 5.41) is 5.56. The Bertz CT molecular complexity index is 689. The number of anilines is 1. The Balaban J connectivity index is 1.97. The highest BCUT2D eigenvalue weighted by atomic mass is 16.2. The lowest BCUT2D eigenvalue weighted by Gasteiger charge is -2.29. The smallest absolute Gasteiger partial charge is 0.243 e. The van der Waals surface area contributed by atoms with Crippen LogP contribution in [0, 0.1) is 26.7 Å². The van der Waals surface area contributed by atoms with Crippen LogP contribution in [0.1, 0.15) is 43.4 Å². The van der Waals surface area contributed by atoms with E-state index >= 15 is 0 Å². The second kappa shape index (κ2) is 8.34. The largest absolute Gasteiger partial charge is 0.345 e. The minimum Gasteiger partial charge on any atom is -0.345 e. The monoisotopic (exact) mass is 359 g/mol. The van der Waals surface area contributed by atoms with Crippen LogP contribution in [0.3, 0.4) is 0 Å². The van der Waals surface area contributed by atoms with Gasteiger partial charge < -0.3 is 15.5 Å². The molecule has 3 amide bonds. The number of aryl methyl sites for hydroxylation is 3. The molecule has 0 bridgehead atoms. The number of carbonyl (C=O) groups is 3. The Morgan fingerprint density at radius 1 is 1.15 bits per heavy atom. The van der Waals surface area contributed by atoms with Gasteiger partial charge in [-0.1, -0.05) is 31.5 Å². The number of likely N-dealkylation sites (tertiary alicyclic amines) is 1. The molecule has 1 atom stereocenters. The topological polar surface area (TPSA) is 78.5 Å². The molecule has 0 aliphatic carbocycles. The first-order chi connectivity index (χ1) is 12.2. The summed E-state index contributed by atoms with van der Waals surface area (Å²) in [5.41, 5.74) is 3.90. The van der Waals surface area contributed by atoms with Crippen molar-refractivity contribution in [2.75, 3.05) is 18.4 Å². The molecule has 1 aromatic rings. The summed E-state index contributed by atoms with van der Waals surface area (Å²) in [4.78, 5) is 38.4. The SMILES string of the molecule is Cc1cc(C)c(NC(=O)CNC(=O)C(C(C)C)N2CCCC2=O)c(C)c1. The Hall–Kier alpha value is -2.37. The molecule has 1 aliphatic heterocycles. The Labute approximate surface area is 155 Å². The predicted octanol–water partition coefficient (Wildman–Crippen LogP) is 2.31. The van der Waals surface area contributed by atoms with E-state index in [9.17, 15) is 14.4 Å². The fraction of sp³-hybridized carbons (Fsp3) is 0.550. The fourth-order valence-electron chi connectivity index (χ4n) is 3.60. The summed E-state index contributed by atoms with van der Waals surface area (Å²) in [7, 11) is 0. The fourth-order valence-corrected chi connectivity index (χ4v) is 3.60. The first kappa shape index (κ1) is 19.9. The van der Waals surface area contributed by atoms with Crippen LogP contribution in [0.4, 0.5) is 5.69 Å². The van der Waals surface area contributed by atoms with Crippen molar-refractivity contribution >= 4 is 23.4 Å². The molecular formula is C20H29N3O3. The van der Waals surface area contributed by atoms with E-state index in [-0.39, 0.29) is 30.2 Å². The molecule has 26 heavy (non-hydrogen) atoms. The summed E-state index contributed by atoms with van der Waals surface area (Å²) in [5.74, 6) is -0.553. The number of rotatable bonds is 6. The minimum absolute atomic E-state index is 0.00852. The molecule has 1 aromatic carbocycles. The third kappa shape index (κ3) is 4.62. The van der Waals surface area contributed by atoms with Crippen molar-refractivity contribution in [3.8, 4) is 0 Å². The molecule has 0 saturated carbocycles. The highest BCUT2D eigenvalue weighted by molar-refractivity contribution is 5.97. The van der Waals surface area contributed by atoms with Crippen molar-refractivity contribution in [2.24, 2.45) is 5.92 Å². The van der Waals surface area contributed by atoms with Crippen LogP contribution in [0.15, 0.2) is 12.1 Å². The van der Waals surface area contributed by atoms with Gasteiger partial charge in [0.05, 0.1) is 6.54 Å². The average molecular weight is 359 g/mol. The predicted molar refractivity (Wildman–Crippen MR) is 102 cm³/mol. The van der Waals surface area contributed by atoms with Gasteiger partial charge in [-0.3, -0.25) is 14.4 Å². The quantitative estimate of drug-likeness (QED) is 0.818. The van der Waals surface area contributed by atoms with Crippen molar-refractivity contribution in [2.45, 2.75) is 53.5 Å². The van der Waals surface area contributed by atoms with Crippen molar-refractivity contribution in [1.82, 2.24) is 10.2 Å². The van der Waals surface area contributed by atoms with E-state index in [1.54, 1.807) is 4.90 Å². The molecule has 0 radical (unpaired) electrons. The van der Waals surface area contributed by atoms with Gasteiger partial charge in [-0.05, 0) is 44.2 Å². The Morgan fingerprint density at radius 2 is 1.77 bits per heavy atom. The molecule has 1 unspecified atom stereocenters. The number of hydrogen-bond acceptors (Lipinski definition) is 3. The molecular weight excluding hydrogens is 330 g/mol. The van der Waals surface area contributed by atoms with Crippen LogP contribution in [-0.4, -0.2) is 41.8 Å². The molecule has 6 heteroatoms. The van der Waals surface area contributed by atoms with E-state index in [1.165, 1.54) is 0 Å². The van der Waals surface area contributed by atoms with Crippen LogP contribution in [-0.2, 0) is 14.4 Å². The standard InChI is InChI=1S/C20H29N3O3/c1-12(2)19(23-8-6-7-17(23)25)20(26)21-11-16(24)22-18-14(4)9-13(3)10-15(18)5/h9-10,12,19H,6-8,11H2,1-5H3,(H,21,26)(H,22,24). The van der Waals surface area contributed by atoms with Gasteiger partial charge in [-0.15, -0.1) is 0 Å². The molecule has 6 nitrogen and oxygen atoms in total. The third-order valence-corrected chi connectivity index (χ3v) is 4.71. The molecule has 1 aliphatic rings. The van der Waals surface area contributed by atoms with Crippen molar-refractivity contribution in [3.63, 3.8) is 0 Å². The van der Waals surface area contributed by atoms with Gasteiger partial charge in [-0.25, -0.2) is 0 Å².